The highest BCUT2D eigenvalue weighted by Gasteiger charge is 2.28. The van der Waals surface area contributed by atoms with Crippen LogP contribution in [-0.2, 0) is 16.0 Å². The van der Waals surface area contributed by atoms with Gasteiger partial charge in [-0.3, -0.25) is 9.59 Å². The fourth-order valence-corrected chi connectivity index (χ4v) is 3.69. The Balaban J connectivity index is 1.60. The van der Waals surface area contributed by atoms with Crippen molar-refractivity contribution < 1.29 is 9.59 Å². The van der Waals surface area contributed by atoms with Crippen LogP contribution in [0, 0.1) is 0 Å². The Morgan fingerprint density at radius 3 is 2.58 bits per heavy atom. The monoisotopic (exact) mass is 349 g/mol. The molecule has 4 rings (SSSR count). The van der Waals surface area contributed by atoms with Gasteiger partial charge in [0.15, 0.2) is 0 Å². The van der Waals surface area contributed by atoms with E-state index in [4.69, 9.17) is 0 Å². The Morgan fingerprint density at radius 1 is 1.04 bits per heavy atom. The minimum atomic E-state index is -0.398. The molecule has 0 bridgehead atoms. The number of rotatable bonds is 4. The molecule has 2 N–H and O–H groups in total. The van der Waals surface area contributed by atoms with Gasteiger partial charge in [0.2, 0.25) is 11.8 Å². The van der Waals surface area contributed by atoms with Crippen LogP contribution in [0.15, 0.2) is 48.5 Å². The molecular formula is C21H23N3O2. The number of aryl methyl sites for hydroxylation is 1. The first kappa shape index (κ1) is 16.6. The molecule has 0 saturated carbocycles. The largest absolute Gasteiger partial charge is 0.370 e. The van der Waals surface area contributed by atoms with E-state index in [0.717, 1.165) is 54.9 Å². The molecule has 5 nitrogen and oxygen atoms in total. The number of nitrogens with zero attached hydrogens (tertiary/aromatic N) is 1. The summed E-state index contributed by atoms with van der Waals surface area (Å²) in [5, 5.41) is 6.33. The Bertz CT molecular complexity index is 813. The summed E-state index contributed by atoms with van der Waals surface area (Å²) in [5.74, 6) is 0.185. The number of anilines is 2. The van der Waals surface area contributed by atoms with Crippen LogP contribution in [-0.4, -0.2) is 29.8 Å². The molecule has 2 aliphatic rings. The van der Waals surface area contributed by atoms with Crippen LogP contribution in [0.5, 0.6) is 0 Å². The van der Waals surface area contributed by atoms with E-state index < -0.39 is 6.04 Å². The van der Waals surface area contributed by atoms with Crippen molar-refractivity contribution >= 4 is 23.2 Å². The van der Waals surface area contributed by atoms with Crippen molar-refractivity contribution in [2.75, 3.05) is 23.7 Å². The van der Waals surface area contributed by atoms with Crippen molar-refractivity contribution in [3.05, 3.63) is 59.7 Å². The van der Waals surface area contributed by atoms with Gasteiger partial charge in [-0.15, -0.1) is 0 Å². The predicted octanol–water partition coefficient (Wildman–Crippen LogP) is 3.35. The molecule has 134 valence electrons. The topological polar surface area (TPSA) is 61.4 Å². The molecule has 0 aliphatic carbocycles. The zero-order valence-electron chi connectivity index (χ0n) is 14.7. The average molecular weight is 349 g/mol. The van der Waals surface area contributed by atoms with Crippen LogP contribution < -0.4 is 10.6 Å². The zero-order chi connectivity index (χ0) is 17.9. The predicted molar refractivity (Wildman–Crippen MR) is 102 cm³/mol. The molecule has 0 aromatic heterocycles. The number of hydrogen-bond donors (Lipinski definition) is 2. The number of carbonyl (C=O) groups excluding carboxylic acids is 2. The number of nitrogens with one attached hydrogen (secondary N) is 2. The molecule has 1 unspecified atom stereocenters. The number of likely N-dealkylation sites (tertiary alicyclic amines) is 1. The first-order chi connectivity index (χ1) is 12.7. The molecule has 1 fully saturated rings. The van der Waals surface area contributed by atoms with Crippen molar-refractivity contribution in [3.8, 4) is 0 Å². The number of hydrogen-bond acceptors (Lipinski definition) is 3. The molecule has 2 aliphatic heterocycles. The number of fused-ring (bicyclic) bond motifs is 1. The van der Waals surface area contributed by atoms with Crippen molar-refractivity contribution in [2.45, 2.75) is 31.7 Å². The van der Waals surface area contributed by atoms with E-state index in [0.29, 0.717) is 6.42 Å². The maximum absolute atomic E-state index is 13.1. The Morgan fingerprint density at radius 2 is 1.81 bits per heavy atom. The minimum absolute atomic E-state index is 0.0598. The molecule has 1 saturated heterocycles. The standard InChI is InChI=1S/C21H23N3O2/c25-19-11-8-16-14-17(9-10-18(16)23-19)22-20(15-6-2-1-3-7-15)21(26)24-12-4-5-13-24/h1-3,6-7,9-10,14,20,22H,4-5,8,11-13H2,(H,23,25). The maximum Gasteiger partial charge on any atom is 0.249 e. The third-order valence-electron chi connectivity index (χ3n) is 5.11. The lowest BCUT2D eigenvalue weighted by Gasteiger charge is -2.26. The Kier molecular flexibility index (Phi) is 4.61. The van der Waals surface area contributed by atoms with Gasteiger partial charge < -0.3 is 15.5 Å². The third-order valence-corrected chi connectivity index (χ3v) is 5.11. The van der Waals surface area contributed by atoms with E-state index in [9.17, 15) is 9.59 Å². The summed E-state index contributed by atoms with van der Waals surface area (Å²) in [6, 6.07) is 15.4. The molecule has 2 aromatic carbocycles. The first-order valence-corrected chi connectivity index (χ1v) is 9.24. The van der Waals surface area contributed by atoms with Crippen LogP contribution in [0.25, 0.3) is 0 Å². The lowest BCUT2D eigenvalue weighted by atomic mass is 10.0. The van der Waals surface area contributed by atoms with Crippen molar-refractivity contribution in [2.24, 2.45) is 0 Å². The summed E-state index contributed by atoms with van der Waals surface area (Å²) in [4.78, 5) is 26.6. The second-order valence-electron chi connectivity index (χ2n) is 6.94. The van der Waals surface area contributed by atoms with Gasteiger partial charge >= 0.3 is 0 Å². The normalized spacial score (nSPS) is 17.4. The lowest BCUT2D eigenvalue weighted by molar-refractivity contribution is -0.131. The highest BCUT2D eigenvalue weighted by molar-refractivity contribution is 5.94. The van der Waals surface area contributed by atoms with Gasteiger partial charge in [0.1, 0.15) is 6.04 Å². The summed E-state index contributed by atoms with van der Waals surface area (Å²) in [7, 11) is 0. The Labute approximate surface area is 153 Å². The van der Waals surface area contributed by atoms with Crippen LogP contribution in [0.1, 0.15) is 36.4 Å². The first-order valence-electron chi connectivity index (χ1n) is 9.24. The number of benzene rings is 2. The SMILES string of the molecule is O=C1CCc2cc(NC(C(=O)N3CCCC3)c3ccccc3)ccc2N1. The van der Waals surface area contributed by atoms with Gasteiger partial charge in [-0.05, 0) is 48.6 Å². The second-order valence-corrected chi connectivity index (χ2v) is 6.94. The fraction of sp³-hybridized carbons (Fsp3) is 0.333. The van der Waals surface area contributed by atoms with Crippen LogP contribution in [0.4, 0.5) is 11.4 Å². The highest BCUT2D eigenvalue weighted by Crippen LogP contribution is 2.29. The van der Waals surface area contributed by atoms with Crippen molar-refractivity contribution in [3.63, 3.8) is 0 Å². The van der Waals surface area contributed by atoms with E-state index in [-0.39, 0.29) is 11.8 Å². The number of carbonyl (C=O) groups is 2. The van der Waals surface area contributed by atoms with Gasteiger partial charge in [0.25, 0.3) is 0 Å². The van der Waals surface area contributed by atoms with Gasteiger partial charge in [0, 0.05) is 30.9 Å². The third kappa shape index (κ3) is 3.43. The van der Waals surface area contributed by atoms with E-state index in [2.05, 4.69) is 10.6 Å². The molecule has 2 amide bonds. The second kappa shape index (κ2) is 7.20. The molecule has 26 heavy (non-hydrogen) atoms. The molecule has 0 spiro atoms. The molecule has 5 heteroatoms. The molecule has 2 aromatic rings. The van der Waals surface area contributed by atoms with Gasteiger partial charge in [-0.2, -0.15) is 0 Å². The summed E-state index contributed by atoms with van der Waals surface area (Å²) >= 11 is 0. The molecular weight excluding hydrogens is 326 g/mol. The number of amides is 2. The van der Waals surface area contributed by atoms with Crippen molar-refractivity contribution in [1.82, 2.24) is 4.90 Å². The van der Waals surface area contributed by atoms with Crippen LogP contribution in [0.3, 0.4) is 0 Å². The zero-order valence-corrected chi connectivity index (χ0v) is 14.7. The van der Waals surface area contributed by atoms with Crippen molar-refractivity contribution in [1.29, 1.82) is 0 Å². The van der Waals surface area contributed by atoms with E-state index in [1.54, 1.807) is 0 Å². The Hall–Kier alpha value is -2.82. The van der Waals surface area contributed by atoms with Crippen LogP contribution >= 0.6 is 0 Å². The average Bonchev–Trinajstić information content (AvgIpc) is 3.21. The summed E-state index contributed by atoms with van der Waals surface area (Å²) < 4.78 is 0. The van der Waals surface area contributed by atoms with Gasteiger partial charge in [-0.25, -0.2) is 0 Å². The summed E-state index contributed by atoms with van der Waals surface area (Å²) in [6.07, 6.45) is 3.38. The highest BCUT2D eigenvalue weighted by atomic mass is 16.2. The quantitative estimate of drug-likeness (QED) is 0.890. The van der Waals surface area contributed by atoms with Gasteiger partial charge in [0.05, 0.1) is 0 Å². The molecule has 2 heterocycles. The van der Waals surface area contributed by atoms with E-state index in [1.807, 2.05) is 53.4 Å². The summed E-state index contributed by atoms with van der Waals surface area (Å²) in [6.45, 7) is 1.67. The fourth-order valence-electron chi connectivity index (χ4n) is 3.69. The van der Waals surface area contributed by atoms with E-state index >= 15 is 0 Å². The van der Waals surface area contributed by atoms with E-state index in [1.165, 1.54) is 0 Å². The molecule has 1 atom stereocenters. The lowest BCUT2D eigenvalue weighted by Crippen LogP contribution is -2.36. The summed E-state index contributed by atoms with van der Waals surface area (Å²) in [5.41, 5.74) is 3.85. The van der Waals surface area contributed by atoms with Crippen LogP contribution in [0.2, 0.25) is 0 Å². The smallest absolute Gasteiger partial charge is 0.249 e. The maximum atomic E-state index is 13.1. The molecule has 0 radical (unpaired) electrons. The minimum Gasteiger partial charge on any atom is -0.370 e. The van der Waals surface area contributed by atoms with Gasteiger partial charge in [-0.1, -0.05) is 30.3 Å².